The Kier molecular flexibility index (Phi) is 26.9. The van der Waals surface area contributed by atoms with Crippen molar-refractivity contribution in [3.63, 3.8) is 0 Å². The Bertz CT molecular complexity index is 6510. The molecule has 17 aromatic rings. The molecule has 0 atom stereocenters. The molecular formula is C101H88F3N13O2. The Morgan fingerprint density at radius 1 is 0.345 bits per heavy atom. The third kappa shape index (κ3) is 20.1. The van der Waals surface area contributed by atoms with E-state index in [2.05, 4.69) is 137 Å². The summed E-state index contributed by atoms with van der Waals surface area (Å²) >= 11 is 0. The van der Waals surface area contributed by atoms with E-state index in [9.17, 15) is 13.2 Å². The number of aryl methyl sites for hydroxylation is 5. The largest absolute Gasteiger partial charge is 0.443 e. The molecule has 0 aliphatic heterocycles. The zero-order valence-corrected chi connectivity index (χ0v) is 67.3. The number of rotatable bonds is 17. The van der Waals surface area contributed by atoms with Gasteiger partial charge < -0.3 is 31.0 Å². The first-order valence-corrected chi connectivity index (χ1v) is 39.0. The number of aliphatic imine (C=N–C) groups is 2. The van der Waals surface area contributed by atoms with Crippen molar-refractivity contribution in [2.24, 2.45) is 9.98 Å². The standard InChI is InChI=1S/2C21H20FN3.C21H21N3.C19H13FN2O.C19H14N2O/c1-3-24-13-17-12-15(7-9-20(17)23)18-5-4-10-25-21(18)16-6-8-19(22)14(2)11-16;1-3-24-20-9-7-15(12-17(20)13-23)18-5-4-10-25-21(18)16-6-8-19(22)14(2)11-16;1-3-23-14-18-13-16(9-10-20(18)22)19-8-5-11-24-21(19)17-7-4-6-15(2)12-17;1-12-9-14(4-6-16(12)20)19-15(3-2-8-21-19)13-5-7-17-18(10-13)23-11-22-17;1-13-4-2-5-15(10-13)19-16(6-3-9-20-19)14-7-8-17-18(11-14)22-12-21-17/h4-13H,3,23H2,1-2H3;4-13,23-24H,3H2,1-2H3;4-14H,3,22H2,1-2H3;2-11H,1H3;2-12H,1H3. The van der Waals surface area contributed by atoms with Crippen molar-refractivity contribution in [2.45, 2.75) is 55.4 Å². The number of benzene rings is 10. The maximum Gasteiger partial charge on any atom is 0.181 e. The van der Waals surface area contributed by atoms with E-state index in [4.69, 9.17) is 25.7 Å². The summed E-state index contributed by atoms with van der Waals surface area (Å²) in [7, 11) is 0. The highest BCUT2D eigenvalue weighted by atomic mass is 19.1. The van der Waals surface area contributed by atoms with E-state index in [0.717, 1.165) is 175 Å². The van der Waals surface area contributed by atoms with Gasteiger partial charge in [-0.05, 0) is 258 Å². The highest BCUT2D eigenvalue weighted by Gasteiger charge is 2.18. The summed E-state index contributed by atoms with van der Waals surface area (Å²) < 4.78 is 51.5. The third-order valence-corrected chi connectivity index (χ3v) is 19.7. The highest BCUT2D eigenvalue weighted by Crippen LogP contribution is 2.39. The number of nitrogens with one attached hydrogen (secondary N) is 2. The van der Waals surface area contributed by atoms with E-state index < -0.39 is 0 Å². The van der Waals surface area contributed by atoms with Crippen LogP contribution in [-0.2, 0) is 0 Å². The summed E-state index contributed by atoms with van der Waals surface area (Å²) in [5.74, 6) is -0.650. The van der Waals surface area contributed by atoms with Gasteiger partial charge in [0, 0.05) is 159 Å². The number of oxazole rings is 2. The van der Waals surface area contributed by atoms with Crippen LogP contribution in [-0.4, -0.2) is 73.2 Å². The van der Waals surface area contributed by atoms with E-state index in [-0.39, 0.29) is 17.5 Å². The van der Waals surface area contributed by atoms with Gasteiger partial charge in [0.1, 0.15) is 28.5 Å². The van der Waals surface area contributed by atoms with E-state index in [0.29, 0.717) is 28.9 Å². The first-order chi connectivity index (χ1) is 57.9. The van der Waals surface area contributed by atoms with Crippen molar-refractivity contribution >= 4 is 57.9 Å². The first-order valence-electron chi connectivity index (χ1n) is 39.0. The Labute approximate surface area is 690 Å². The SMILES string of the molecule is CCN=Cc1cc(-c2cccnc2-c2ccc(F)c(C)c2)ccc1N.CCN=Cc1cc(-c2cccnc2-c2cccc(C)c2)ccc1N.CCNc1ccc(-c2cccnc2-c2ccc(F)c(C)c2)cc1C=N.Cc1cc(-c2ncccc2-c2ccc3ncoc3c2)ccc1F.Cc1cccc(-c2ncccc2-c2ccc3ncoc3c2)c1. The quantitative estimate of drug-likeness (QED) is 0.0493. The van der Waals surface area contributed by atoms with Crippen LogP contribution in [0.1, 0.15) is 65.3 Å². The van der Waals surface area contributed by atoms with E-state index in [1.165, 1.54) is 48.3 Å². The Morgan fingerprint density at radius 3 is 0.992 bits per heavy atom. The average molecular weight is 1570 g/mol. The molecule has 0 bridgehead atoms. The topological polar surface area (TPSA) is 229 Å². The lowest BCUT2D eigenvalue weighted by Gasteiger charge is -2.13. The molecule has 6 N–H and O–H groups in total. The van der Waals surface area contributed by atoms with E-state index in [1.54, 1.807) is 63.8 Å². The summed E-state index contributed by atoms with van der Waals surface area (Å²) in [5.41, 5.74) is 44.0. The molecule has 0 aliphatic rings. The second kappa shape index (κ2) is 38.9. The lowest BCUT2D eigenvalue weighted by molar-refractivity contribution is 0.602. The molecule has 7 aromatic heterocycles. The number of nitrogens with zero attached hydrogens (tertiary/aromatic N) is 9. The van der Waals surface area contributed by atoms with Crippen molar-refractivity contribution in [1.29, 1.82) is 5.41 Å². The molecule has 18 heteroatoms. The van der Waals surface area contributed by atoms with Gasteiger partial charge in [0.15, 0.2) is 24.0 Å². The summed E-state index contributed by atoms with van der Waals surface area (Å²) in [4.78, 5) is 39.6. The van der Waals surface area contributed by atoms with Gasteiger partial charge >= 0.3 is 0 Å². The van der Waals surface area contributed by atoms with Gasteiger partial charge in [-0.25, -0.2) is 23.1 Å². The van der Waals surface area contributed by atoms with Crippen molar-refractivity contribution < 1.29 is 22.0 Å². The number of pyridine rings is 5. The molecule has 17 rings (SSSR count). The summed E-state index contributed by atoms with van der Waals surface area (Å²) in [6.45, 7) is 17.7. The molecule has 0 radical (unpaired) electrons. The van der Waals surface area contributed by atoms with Crippen LogP contribution in [0.15, 0.2) is 317 Å². The third-order valence-electron chi connectivity index (χ3n) is 19.7. The normalized spacial score (nSPS) is 10.9. The monoisotopic (exact) mass is 1570 g/mol. The fourth-order valence-corrected chi connectivity index (χ4v) is 13.6. The Balaban J connectivity index is 0.000000129. The van der Waals surface area contributed by atoms with Crippen molar-refractivity contribution in [3.8, 4) is 112 Å². The van der Waals surface area contributed by atoms with Gasteiger partial charge in [0.2, 0.25) is 0 Å². The maximum absolute atomic E-state index is 13.6. The van der Waals surface area contributed by atoms with Gasteiger partial charge in [-0.2, -0.15) is 0 Å². The fourth-order valence-electron chi connectivity index (χ4n) is 13.6. The number of hydrogen-bond acceptors (Lipinski definition) is 15. The van der Waals surface area contributed by atoms with Crippen molar-refractivity contribution in [2.75, 3.05) is 36.4 Å². The van der Waals surface area contributed by atoms with Crippen LogP contribution >= 0.6 is 0 Å². The number of hydrogen-bond donors (Lipinski definition) is 4. The van der Waals surface area contributed by atoms with Crippen LogP contribution in [0.25, 0.3) is 134 Å². The molecule has 7 heterocycles. The molecule has 0 saturated carbocycles. The zero-order valence-electron chi connectivity index (χ0n) is 67.3. The van der Waals surface area contributed by atoms with Crippen LogP contribution in [0.5, 0.6) is 0 Å². The van der Waals surface area contributed by atoms with Crippen LogP contribution in [0.2, 0.25) is 0 Å². The van der Waals surface area contributed by atoms with Crippen LogP contribution in [0.3, 0.4) is 0 Å². The molecule has 119 heavy (non-hydrogen) atoms. The maximum atomic E-state index is 13.6. The second-order valence-electron chi connectivity index (χ2n) is 28.1. The minimum absolute atomic E-state index is 0.214. The molecule has 0 unspecified atom stereocenters. The Hall–Kier alpha value is -14.9. The van der Waals surface area contributed by atoms with Crippen molar-refractivity contribution in [3.05, 3.63) is 361 Å². The molecule has 0 aliphatic carbocycles. The number of nitrogens with two attached hydrogens (primary N) is 2. The number of fused-ring (bicyclic) bond motifs is 2. The second-order valence-corrected chi connectivity index (χ2v) is 28.1. The average Bonchev–Trinajstić information content (AvgIpc) is 1.36. The smallest absolute Gasteiger partial charge is 0.181 e. The fraction of sp³-hybridized carbons (Fsp3) is 0.109. The summed E-state index contributed by atoms with van der Waals surface area (Å²) in [6, 6.07) is 81.4. The minimum Gasteiger partial charge on any atom is -0.443 e. The summed E-state index contributed by atoms with van der Waals surface area (Å²) in [6.07, 6.45) is 16.8. The number of anilines is 3. The van der Waals surface area contributed by atoms with Gasteiger partial charge in [-0.3, -0.25) is 34.9 Å². The lowest BCUT2D eigenvalue weighted by Crippen LogP contribution is -2.00. The molecular weight excluding hydrogens is 1480 g/mol. The molecule has 15 nitrogen and oxygen atoms in total. The first kappa shape index (κ1) is 82.1. The molecule has 0 spiro atoms. The summed E-state index contributed by atoms with van der Waals surface area (Å²) in [5, 5.41) is 10.9. The van der Waals surface area contributed by atoms with Gasteiger partial charge in [-0.1, -0.05) is 108 Å². The molecule has 0 saturated heterocycles. The van der Waals surface area contributed by atoms with Gasteiger partial charge in [-0.15, -0.1) is 0 Å². The number of nitrogen functional groups attached to an aromatic ring is 2. The van der Waals surface area contributed by atoms with Crippen LogP contribution in [0.4, 0.5) is 30.2 Å². The predicted molar refractivity (Wildman–Crippen MR) is 481 cm³/mol. The molecule has 0 amide bonds. The Morgan fingerprint density at radius 2 is 0.664 bits per heavy atom. The van der Waals surface area contributed by atoms with Crippen molar-refractivity contribution in [1.82, 2.24) is 34.9 Å². The van der Waals surface area contributed by atoms with Crippen LogP contribution in [0, 0.1) is 57.5 Å². The number of aromatic nitrogens is 7. The van der Waals surface area contributed by atoms with Crippen LogP contribution < -0.4 is 16.8 Å². The number of halogens is 3. The molecule has 10 aromatic carbocycles. The highest BCUT2D eigenvalue weighted by molar-refractivity contribution is 5.95. The minimum atomic E-state index is -0.220. The zero-order chi connectivity index (χ0) is 83.3. The predicted octanol–water partition coefficient (Wildman–Crippen LogP) is 24.8. The van der Waals surface area contributed by atoms with Gasteiger partial charge in [0.25, 0.3) is 0 Å². The molecule has 590 valence electrons. The van der Waals surface area contributed by atoms with E-state index in [1.807, 2.05) is 185 Å². The van der Waals surface area contributed by atoms with E-state index >= 15 is 0 Å². The van der Waals surface area contributed by atoms with Gasteiger partial charge in [0.05, 0.1) is 28.5 Å². The lowest BCUT2D eigenvalue weighted by atomic mass is 9.96. The molecule has 0 fully saturated rings.